The Morgan fingerprint density at radius 1 is 1.11 bits per heavy atom. The molecule has 0 N–H and O–H groups in total. The summed E-state index contributed by atoms with van der Waals surface area (Å²) >= 11 is 0. The molecule has 1 aromatic heterocycles. The van der Waals surface area contributed by atoms with Gasteiger partial charge in [-0.25, -0.2) is 9.07 Å². The standard InChI is InChI=1S/C21H19FN4O2/c22-17-7-5-15(6-8-17)19-12-26-18(13-28-19)20(23-24-26)21(27)25-10-9-14-3-1-2-4-16(14)11-25/h1-8,19H,9-13H2/t19-/m1/s1. The number of rotatable bonds is 2. The normalized spacial score (nSPS) is 18.5. The third-order valence-electron chi connectivity index (χ3n) is 5.46. The van der Waals surface area contributed by atoms with E-state index in [4.69, 9.17) is 4.74 Å². The van der Waals surface area contributed by atoms with Crippen molar-refractivity contribution in [3.8, 4) is 0 Å². The van der Waals surface area contributed by atoms with Crippen molar-refractivity contribution in [3.05, 3.63) is 82.4 Å². The topological polar surface area (TPSA) is 60.3 Å². The maximum absolute atomic E-state index is 13.1. The first kappa shape index (κ1) is 17.1. The number of ether oxygens (including phenoxy) is 1. The predicted octanol–water partition coefficient (Wildman–Crippen LogP) is 2.89. The van der Waals surface area contributed by atoms with Crippen molar-refractivity contribution in [1.82, 2.24) is 19.9 Å². The van der Waals surface area contributed by atoms with Gasteiger partial charge < -0.3 is 9.64 Å². The highest BCUT2D eigenvalue weighted by Gasteiger charge is 2.31. The monoisotopic (exact) mass is 378 g/mol. The molecule has 0 fully saturated rings. The lowest BCUT2D eigenvalue weighted by Crippen LogP contribution is -2.37. The number of benzene rings is 2. The molecule has 7 heteroatoms. The lowest BCUT2D eigenvalue weighted by Gasteiger charge is -2.29. The first-order chi connectivity index (χ1) is 13.7. The molecule has 1 amide bonds. The molecule has 0 saturated carbocycles. The molecule has 0 bridgehead atoms. The minimum atomic E-state index is -0.281. The minimum Gasteiger partial charge on any atom is -0.365 e. The van der Waals surface area contributed by atoms with Gasteiger partial charge in [0.1, 0.15) is 11.9 Å². The molecule has 0 radical (unpaired) electrons. The average Bonchev–Trinajstić information content (AvgIpc) is 3.16. The van der Waals surface area contributed by atoms with E-state index in [0.717, 1.165) is 12.0 Å². The summed E-state index contributed by atoms with van der Waals surface area (Å²) in [6.07, 6.45) is 0.605. The van der Waals surface area contributed by atoms with Crippen molar-refractivity contribution >= 4 is 5.91 Å². The van der Waals surface area contributed by atoms with E-state index >= 15 is 0 Å². The summed E-state index contributed by atoms with van der Waals surface area (Å²) in [5.41, 5.74) is 4.40. The summed E-state index contributed by atoms with van der Waals surface area (Å²) in [6.45, 7) is 1.95. The van der Waals surface area contributed by atoms with E-state index in [1.807, 2.05) is 17.0 Å². The molecule has 2 aromatic carbocycles. The van der Waals surface area contributed by atoms with Gasteiger partial charge in [-0.1, -0.05) is 41.6 Å². The van der Waals surface area contributed by atoms with E-state index in [-0.39, 0.29) is 24.4 Å². The summed E-state index contributed by atoms with van der Waals surface area (Å²) in [5.74, 6) is -0.392. The summed E-state index contributed by atoms with van der Waals surface area (Å²) < 4.78 is 20.8. The van der Waals surface area contributed by atoms with Gasteiger partial charge in [-0.05, 0) is 35.2 Å². The second kappa shape index (κ2) is 6.83. The second-order valence-corrected chi connectivity index (χ2v) is 7.16. The number of carbonyl (C=O) groups excluding carboxylic acids is 1. The second-order valence-electron chi connectivity index (χ2n) is 7.16. The average molecular weight is 378 g/mol. The van der Waals surface area contributed by atoms with Crippen molar-refractivity contribution in [3.63, 3.8) is 0 Å². The molecule has 0 saturated heterocycles. The smallest absolute Gasteiger partial charge is 0.276 e. The van der Waals surface area contributed by atoms with Gasteiger partial charge in [0.05, 0.1) is 18.8 Å². The predicted molar refractivity (Wildman–Crippen MR) is 98.8 cm³/mol. The van der Waals surface area contributed by atoms with Crippen molar-refractivity contribution in [1.29, 1.82) is 0 Å². The lowest BCUT2D eigenvalue weighted by molar-refractivity contribution is -0.00200. The quantitative estimate of drug-likeness (QED) is 0.688. The Morgan fingerprint density at radius 2 is 1.89 bits per heavy atom. The molecule has 142 valence electrons. The van der Waals surface area contributed by atoms with Gasteiger partial charge in [-0.3, -0.25) is 4.79 Å². The van der Waals surface area contributed by atoms with Crippen LogP contribution >= 0.6 is 0 Å². The van der Waals surface area contributed by atoms with Crippen LogP contribution in [0.5, 0.6) is 0 Å². The Kier molecular flexibility index (Phi) is 4.16. The van der Waals surface area contributed by atoms with Crippen LogP contribution < -0.4 is 0 Å². The number of hydrogen-bond acceptors (Lipinski definition) is 4. The van der Waals surface area contributed by atoms with Gasteiger partial charge in [0.2, 0.25) is 0 Å². The van der Waals surface area contributed by atoms with E-state index in [2.05, 4.69) is 22.4 Å². The summed E-state index contributed by atoms with van der Waals surface area (Å²) in [4.78, 5) is 14.9. The Labute approximate surface area is 161 Å². The molecule has 5 rings (SSSR count). The maximum Gasteiger partial charge on any atom is 0.276 e. The maximum atomic E-state index is 13.1. The van der Waals surface area contributed by atoms with Gasteiger partial charge in [0.25, 0.3) is 5.91 Å². The molecule has 6 nitrogen and oxygen atoms in total. The summed E-state index contributed by atoms with van der Waals surface area (Å²) in [6, 6.07) is 14.4. The van der Waals surface area contributed by atoms with Crippen LogP contribution in [0.25, 0.3) is 0 Å². The largest absolute Gasteiger partial charge is 0.365 e. The number of amides is 1. The van der Waals surface area contributed by atoms with E-state index < -0.39 is 0 Å². The van der Waals surface area contributed by atoms with Crippen LogP contribution in [0.1, 0.15) is 39.0 Å². The highest BCUT2D eigenvalue weighted by atomic mass is 19.1. The fraction of sp³-hybridized carbons (Fsp3) is 0.286. The molecule has 3 aromatic rings. The molecular formula is C21H19FN4O2. The zero-order valence-corrected chi connectivity index (χ0v) is 15.2. The minimum absolute atomic E-state index is 0.111. The van der Waals surface area contributed by atoms with E-state index in [1.54, 1.807) is 16.8 Å². The molecular weight excluding hydrogens is 359 g/mol. The van der Waals surface area contributed by atoms with Gasteiger partial charge in [-0.15, -0.1) is 5.10 Å². The Balaban J connectivity index is 1.35. The van der Waals surface area contributed by atoms with Gasteiger partial charge >= 0.3 is 0 Å². The first-order valence-corrected chi connectivity index (χ1v) is 9.34. The zero-order chi connectivity index (χ0) is 19.1. The van der Waals surface area contributed by atoms with Crippen LogP contribution in [-0.2, 0) is 30.9 Å². The number of hydrogen-bond donors (Lipinski definition) is 0. The number of nitrogens with zero attached hydrogens (tertiary/aromatic N) is 4. The molecule has 28 heavy (non-hydrogen) atoms. The third kappa shape index (κ3) is 2.97. The van der Waals surface area contributed by atoms with Gasteiger partial charge in [-0.2, -0.15) is 0 Å². The van der Waals surface area contributed by atoms with Crippen LogP contribution in [0.4, 0.5) is 4.39 Å². The van der Waals surface area contributed by atoms with Crippen LogP contribution in [0.15, 0.2) is 48.5 Å². The number of aromatic nitrogens is 3. The van der Waals surface area contributed by atoms with Crippen molar-refractivity contribution in [2.75, 3.05) is 6.54 Å². The highest BCUT2D eigenvalue weighted by Crippen LogP contribution is 2.28. The lowest BCUT2D eigenvalue weighted by atomic mass is 9.99. The van der Waals surface area contributed by atoms with Crippen LogP contribution in [0.2, 0.25) is 0 Å². The Hall–Kier alpha value is -3.06. The van der Waals surface area contributed by atoms with E-state index in [9.17, 15) is 9.18 Å². The van der Waals surface area contributed by atoms with Gasteiger partial charge in [0, 0.05) is 13.1 Å². The molecule has 3 heterocycles. The van der Waals surface area contributed by atoms with E-state index in [0.29, 0.717) is 31.0 Å². The molecule has 0 spiro atoms. The number of fused-ring (bicyclic) bond motifs is 2. The van der Waals surface area contributed by atoms with E-state index in [1.165, 1.54) is 23.3 Å². The zero-order valence-electron chi connectivity index (χ0n) is 15.2. The SMILES string of the molecule is O=C(c1nnn2c1CO[C@@H](c1ccc(F)cc1)C2)N1CCc2ccccc2C1. The molecule has 0 unspecified atom stereocenters. The van der Waals surface area contributed by atoms with Crippen LogP contribution in [0, 0.1) is 5.82 Å². The van der Waals surface area contributed by atoms with Crippen LogP contribution in [-0.4, -0.2) is 32.3 Å². The van der Waals surface area contributed by atoms with Crippen molar-refractivity contribution < 1.29 is 13.9 Å². The van der Waals surface area contributed by atoms with Crippen LogP contribution in [0.3, 0.4) is 0 Å². The highest BCUT2D eigenvalue weighted by molar-refractivity contribution is 5.93. The fourth-order valence-electron chi connectivity index (χ4n) is 3.88. The third-order valence-corrected chi connectivity index (χ3v) is 5.46. The van der Waals surface area contributed by atoms with Gasteiger partial charge in [0.15, 0.2) is 5.69 Å². The van der Waals surface area contributed by atoms with Crippen molar-refractivity contribution in [2.45, 2.75) is 32.2 Å². The molecule has 0 aliphatic carbocycles. The molecule has 2 aliphatic heterocycles. The summed E-state index contributed by atoms with van der Waals surface area (Å²) in [5, 5.41) is 8.33. The van der Waals surface area contributed by atoms with Crippen molar-refractivity contribution in [2.24, 2.45) is 0 Å². The molecule has 1 atom stereocenters. The Morgan fingerprint density at radius 3 is 2.71 bits per heavy atom. The fourth-order valence-corrected chi connectivity index (χ4v) is 3.88. The first-order valence-electron chi connectivity index (χ1n) is 9.34. The number of halogens is 1. The molecule has 2 aliphatic rings. The summed E-state index contributed by atoms with van der Waals surface area (Å²) in [7, 11) is 0. The number of carbonyl (C=O) groups is 1. The Bertz CT molecular complexity index is 1030.